The summed E-state index contributed by atoms with van der Waals surface area (Å²) in [5, 5.41) is 4.27. The molecule has 0 saturated carbocycles. The average Bonchev–Trinajstić information content (AvgIpc) is 2.95. The summed E-state index contributed by atoms with van der Waals surface area (Å²) in [7, 11) is 0. The summed E-state index contributed by atoms with van der Waals surface area (Å²) in [4.78, 5) is 22.6. The molecule has 5 nitrogen and oxygen atoms in total. The van der Waals surface area contributed by atoms with E-state index in [0.717, 1.165) is 21.5 Å². The highest BCUT2D eigenvalue weighted by Gasteiger charge is 2.21. The molecule has 0 spiro atoms. The Morgan fingerprint density at radius 1 is 1.19 bits per heavy atom. The number of carbonyl (C=O) groups is 1. The summed E-state index contributed by atoms with van der Waals surface area (Å²) >= 11 is 1.35. The van der Waals surface area contributed by atoms with E-state index in [2.05, 4.69) is 35.2 Å². The van der Waals surface area contributed by atoms with Gasteiger partial charge >= 0.3 is 5.97 Å². The zero-order valence-corrected chi connectivity index (χ0v) is 16.5. The highest BCUT2D eigenvalue weighted by atomic mass is 32.1. The predicted molar refractivity (Wildman–Crippen MR) is 106 cm³/mol. The highest BCUT2D eigenvalue weighted by molar-refractivity contribution is 7.20. The Morgan fingerprint density at radius 2 is 1.96 bits per heavy atom. The summed E-state index contributed by atoms with van der Waals surface area (Å²) in [6, 6.07) is 6.11. The Kier molecular flexibility index (Phi) is 5.23. The standard InChI is InChI=1S/C20H23N3O2S/c1-11(2)9-25-20(24)17-14(5)16-18(21-10-22-19(16)26-17)23-15-8-6-7-12(3)13(15)4/h6-8,10-11H,9H2,1-5H3,(H,21,22,23). The fourth-order valence-electron chi connectivity index (χ4n) is 2.68. The zero-order chi connectivity index (χ0) is 18.8. The van der Waals surface area contributed by atoms with Crippen LogP contribution in [0.4, 0.5) is 11.5 Å². The van der Waals surface area contributed by atoms with Gasteiger partial charge in [-0.3, -0.25) is 0 Å². The van der Waals surface area contributed by atoms with Crippen LogP contribution in [0.5, 0.6) is 0 Å². The Hall–Kier alpha value is -2.47. The number of fused-ring (bicyclic) bond motifs is 1. The van der Waals surface area contributed by atoms with Crippen LogP contribution in [-0.4, -0.2) is 22.5 Å². The van der Waals surface area contributed by atoms with Gasteiger partial charge in [0.15, 0.2) is 0 Å². The van der Waals surface area contributed by atoms with Crippen LogP contribution in [0.25, 0.3) is 10.2 Å². The normalized spacial score (nSPS) is 11.2. The molecule has 0 atom stereocenters. The first-order valence-corrected chi connectivity index (χ1v) is 9.44. The van der Waals surface area contributed by atoms with Crippen molar-refractivity contribution in [3.05, 3.63) is 46.1 Å². The number of benzene rings is 1. The van der Waals surface area contributed by atoms with E-state index < -0.39 is 0 Å². The molecule has 0 aliphatic carbocycles. The lowest BCUT2D eigenvalue weighted by Gasteiger charge is -2.11. The minimum atomic E-state index is -0.295. The third-order valence-electron chi connectivity index (χ3n) is 4.32. The summed E-state index contributed by atoms with van der Waals surface area (Å²) < 4.78 is 5.40. The first kappa shape index (κ1) is 18.3. The maximum atomic E-state index is 12.4. The number of anilines is 2. The highest BCUT2D eigenvalue weighted by Crippen LogP contribution is 2.35. The van der Waals surface area contributed by atoms with Gasteiger partial charge in [-0.15, -0.1) is 11.3 Å². The van der Waals surface area contributed by atoms with Crippen LogP contribution < -0.4 is 5.32 Å². The SMILES string of the molecule is Cc1cccc(Nc2ncnc3sc(C(=O)OCC(C)C)c(C)c23)c1C. The number of rotatable bonds is 5. The summed E-state index contributed by atoms with van der Waals surface area (Å²) in [6.07, 6.45) is 1.52. The van der Waals surface area contributed by atoms with Crippen molar-refractivity contribution < 1.29 is 9.53 Å². The first-order valence-electron chi connectivity index (χ1n) is 8.63. The lowest BCUT2D eigenvalue weighted by atomic mass is 10.1. The van der Waals surface area contributed by atoms with E-state index in [1.807, 2.05) is 32.9 Å². The van der Waals surface area contributed by atoms with Gasteiger partial charge in [-0.1, -0.05) is 26.0 Å². The maximum absolute atomic E-state index is 12.4. The second kappa shape index (κ2) is 7.41. The number of hydrogen-bond donors (Lipinski definition) is 1. The molecule has 0 aliphatic rings. The van der Waals surface area contributed by atoms with Crippen molar-refractivity contribution in [2.75, 3.05) is 11.9 Å². The number of carbonyl (C=O) groups excluding carboxylic acids is 1. The molecule has 0 radical (unpaired) electrons. The van der Waals surface area contributed by atoms with Crippen molar-refractivity contribution >= 4 is 39.0 Å². The van der Waals surface area contributed by atoms with Crippen LogP contribution in [-0.2, 0) is 4.74 Å². The summed E-state index contributed by atoms with van der Waals surface area (Å²) in [5.41, 5.74) is 4.23. The van der Waals surface area contributed by atoms with Crippen molar-refractivity contribution in [2.45, 2.75) is 34.6 Å². The molecule has 1 aromatic carbocycles. The van der Waals surface area contributed by atoms with E-state index in [0.29, 0.717) is 23.2 Å². The molecule has 0 bridgehead atoms. The maximum Gasteiger partial charge on any atom is 0.348 e. The number of esters is 1. The molecular formula is C20H23N3O2S. The van der Waals surface area contributed by atoms with E-state index in [1.165, 1.54) is 28.8 Å². The largest absolute Gasteiger partial charge is 0.461 e. The number of aromatic nitrogens is 2. The van der Waals surface area contributed by atoms with Gasteiger partial charge in [-0.25, -0.2) is 14.8 Å². The third-order valence-corrected chi connectivity index (χ3v) is 5.50. The second-order valence-electron chi connectivity index (χ2n) is 6.82. The molecular weight excluding hydrogens is 346 g/mol. The summed E-state index contributed by atoms with van der Waals surface area (Å²) in [5.74, 6) is 0.715. The van der Waals surface area contributed by atoms with Crippen LogP contribution in [0.1, 0.15) is 40.2 Å². The van der Waals surface area contributed by atoms with Gasteiger partial charge in [-0.05, 0) is 49.4 Å². The van der Waals surface area contributed by atoms with E-state index in [-0.39, 0.29) is 5.97 Å². The second-order valence-corrected chi connectivity index (χ2v) is 7.82. The minimum Gasteiger partial charge on any atom is -0.461 e. The van der Waals surface area contributed by atoms with Crippen molar-refractivity contribution in [1.82, 2.24) is 9.97 Å². The Bertz CT molecular complexity index is 963. The van der Waals surface area contributed by atoms with Crippen molar-refractivity contribution in [3.8, 4) is 0 Å². The van der Waals surface area contributed by atoms with Gasteiger partial charge in [0.1, 0.15) is 21.9 Å². The van der Waals surface area contributed by atoms with Gasteiger partial charge in [0, 0.05) is 5.69 Å². The van der Waals surface area contributed by atoms with Crippen LogP contribution >= 0.6 is 11.3 Å². The van der Waals surface area contributed by atoms with Gasteiger partial charge < -0.3 is 10.1 Å². The van der Waals surface area contributed by atoms with Gasteiger partial charge in [-0.2, -0.15) is 0 Å². The minimum absolute atomic E-state index is 0.295. The zero-order valence-electron chi connectivity index (χ0n) is 15.7. The molecule has 0 saturated heterocycles. The molecule has 136 valence electrons. The van der Waals surface area contributed by atoms with E-state index in [1.54, 1.807) is 0 Å². The van der Waals surface area contributed by atoms with Gasteiger partial charge in [0.05, 0.1) is 12.0 Å². The molecule has 0 aliphatic heterocycles. The van der Waals surface area contributed by atoms with E-state index in [9.17, 15) is 4.79 Å². The van der Waals surface area contributed by atoms with Crippen LogP contribution in [0.3, 0.4) is 0 Å². The van der Waals surface area contributed by atoms with E-state index >= 15 is 0 Å². The molecule has 2 heterocycles. The number of aryl methyl sites for hydroxylation is 2. The molecule has 6 heteroatoms. The number of nitrogens with zero attached hydrogens (tertiary/aromatic N) is 2. The van der Waals surface area contributed by atoms with Crippen molar-refractivity contribution in [3.63, 3.8) is 0 Å². The molecule has 3 rings (SSSR count). The number of nitrogens with one attached hydrogen (secondary N) is 1. The monoisotopic (exact) mass is 369 g/mol. The Labute approximate surface area is 157 Å². The molecule has 1 N–H and O–H groups in total. The average molecular weight is 369 g/mol. The van der Waals surface area contributed by atoms with Crippen molar-refractivity contribution in [2.24, 2.45) is 5.92 Å². The van der Waals surface area contributed by atoms with Gasteiger partial charge in [0.2, 0.25) is 0 Å². The van der Waals surface area contributed by atoms with Crippen LogP contribution in [0, 0.1) is 26.7 Å². The van der Waals surface area contributed by atoms with Gasteiger partial charge in [0.25, 0.3) is 0 Å². The molecule has 0 amide bonds. The quantitative estimate of drug-likeness (QED) is 0.628. The lowest BCUT2D eigenvalue weighted by Crippen LogP contribution is -2.09. The first-order chi connectivity index (χ1) is 12.4. The van der Waals surface area contributed by atoms with E-state index in [4.69, 9.17) is 4.74 Å². The molecule has 3 aromatic rings. The smallest absolute Gasteiger partial charge is 0.348 e. The molecule has 26 heavy (non-hydrogen) atoms. The fraction of sp³-hybridized carbons (Fsp3) is 0.350. The van der Waals surface area contributed by atoms with Crippen molar-refractivity contribution in [1.29, 1.82) is 0 Å². The number of hydrogen-bond acceptors (Lipinski definition) is 6. The number of thiophene rings is 1. The predicted octanol–water partition coefficient (Wildman–Crippen LogP) is 5.17. The Morgan fingerprint density at radius 3 is 2.69 bits per heavy atom. The van der Waals surface area contributed by atoms with Crippen LogP contribution in [0.2, 0.25) is 0 Å². The third kappa shape index (κ3) is 3.55. The van der Waals surface area contributed by atoms with Crippen LogP contribution in [0.15, 0.2) is 24.5 Å². The lowest BCUT2D eigenvalue weighted by molar-refractivity contribution is 0.0464. The molecule has 0 unspecified atom stereocenters. The Balaban J connectivity index is 2.00. The number of ether oxygens (including phenoxy) is 1. The molecule has 2 aromatic heterocycles. The fourth-order valence-corrected chi connectivity index (χ4v) is 3.73. The topological polar surface area (TPSA) is 64.1 Å². The molecule has 0 fully saturated rings. The summed E-state index contributed by atoms with van der Waals surface area (Å²) in [6.45, 7) is 10.5.